The number of aliphatic hydroxyl groups is 1. The van der Waals surface area contributed by atoms with Crippen LogP contribution in [0.25, 0.3) is 0 Å². The standard InChI is InChI=1S/C20H30O5/c1-2-3-4-7-13(21)10-11-14-16-12-17-20(25-16)19(14)15(24-17)8-5-6-9-18(22)23/h5,8,10-11,13-17,19-21H,2-4,6-7,9,12H2,1H3,(H,22,23)/b8-5+,11-10+/t13-,14-,15-,16-,17-,19-,20?/m0/s1. The third kappa shape index (κ3) is 4.33. The lowest BCUT2D eigenvalue weighted by Gasteiger charge is -2.22. The average Bonchev–Trinajstić information content (AvgIpc) is 3.18. The molecule has 2 bridgehead atoms. The average molecular weight is 350 g/mol. The van der Waals surface area contributed by atoms with Crippen LogP contribution < -0.4 is 0 Å². The summed E-state index contributed by atoms with van der Waals surface area (Å²) in [4.78, 5) is 10.6. The van der Waals surface area contributed by atoms with Crippen LogP contribution in [0, 0.1) is 11.8 Å². The molecule has 5 heteroatoms. The van der Waals surface area contributed by atoms with Crippen molar-refractivity contribution in [3.05, 3.63) is 24.3 Å². The Bertz CT molecular complexity index is 512. The molecule has 0 aromatic carbocycles. The van der Waals surface area contributed by atoms with Crippen molar-refractivity contribution < 1.29 is 24.5 Å². The number of unbranched alkanes of at least 4 members (excludes halogenated alkanes) is 2. The van der Waals surface area contributed by atoms with Crippen LogP contribution in [0.15, 0.2) is 24.3 Å². The fourth-order valence-corrected chi connectivity index (χ4v) is 4.41. The minimum absolute atomic E-state index is 0.0109. The van der Waals surface area contributed by atoms with Crippen molar-refractivity contribution in [3.63, 3.8) is 0 Å². The first-order valence-corrected chi connectivity index (χ1v) is 9.66. The van der Waals surface area contributed by atoms with E-state index in [4.69, 9.17) is 14.6 Å². The second-order valence-electron chi connectivity index (χ2n) is 7.48. The van der Waals surface area contributed by atoms with E-state index in [2.05, 4.69) is 13.0 Å². The molecule has 2 N–H and O–H groups in total. The topological polar surface area (TPSA) is 76.0 Å². The highest BCUT2D eigenvalue weighted by Crippen LogP contribution is 2.52. The molecule has 3 heterocycles. The highest BCUT2D eigenvalue weighted by Gasteiger charge is 2.61. The van der Waals surface area contributed by atoms with Crippen molar-refractivity contribution >= 4 is 5.97 Å². The van der Waals surface area contributed by atoms with Crippen molar-refractivity contribution in [1.29, 1.82) is 0 Å². The van der Waals surface area contributed by atoms with E-state index in [9.17, 15) is 9.90 Å². The summed E-state index contributed by atoms with van der Waals surface area (Å²) in [5, 5.41) is 18.9. The van der Waals surface area contributed by atoms with Gasteiger partial charge in [-0.25, -0.2) is 0 Å². The van der Waals surface area contributed by atoms with Crippen molar-refractivity contribution in [3.8, 4) is 0 Å². The lowest BCUT2D eigenvalue weighted by molar-refractivity contribution is -0.136. The van der Waals surface area contributed by atoms with Gasteiger partial charge < -0.3 is 19.7 Å². The summed E-state index contributed by atoms with van der Waals surface area (Å²) in [6.45, 7) is 2.16. The Morgan fingerprint density at radius 1 is 1.24 bits per heavy atom. The van der Waals surface area contributed by atoms with E-state index in [0.29, 0.717) is 6.42 Å². The van der Waals surface area contributed by atoms with Gasteiger partial charge in [-0.3, -0.25) is 4.79 Å². The van der Waals surface area contributed by atoms with E-state index < -0.39 is 5.97 Å². The molecule has 0 saturated carbocycles. The normalized spacial score (nSPS) is 37.5. The van der Waals surface area contributed by atoms with Gasteiger partial charge in [-0.2, -0.15) is 0 Å². The molecule has 3 saturated heterocycles. The van der Waals surface area contributed by atoms with E-state index in [1.807, 2.05) is 18.2 Å². The number of fused-ring (bicyclic) bond motifs is 1. The number of rotatable bonds is 10. The number of hydrogen-bond acceptors (Lipinski definition) is 4. The summed E-state index contributed by atoms with van der Waals surface area (Å²) in [5.74, 6) is -0.221. The largest absolute Gasteiger partial charge is 0.481 e. The van der Waals surface area contributed by atoms with Crippen molar-refractivity contribution in [2.24, 2.45) is 11.8 Å². The molecule has 5 nitrogen and oxygen atoms in total. The van der Waals surface area contributed by atoms with E-state index >= 15 is 0 Å². The van der Waals surface area contributed by atoms with Crippen LogP contribution in [0.2, 0.25) is 0 Å². The van der Waals surface area contributed by atoms with Crippen LogP contribution in [0.3, 0.4) is 0 Å². The molecule has 3 aliphatic heterocycles. The highest BCUT2D eigenvalue weighted by atomic mass is 16.6. The zero-order chi connectivity index (χ0) is 17.8. The molecule has 25 heavy (non-hydrogen) atoms. The SMILES string of the molecule is CCCCC[C@H](O)/C=C/[C@@H]1[C@@H]2C3O[C@H]1C[C@@H]3O[C@H]2/C=C/CCC(=O)O. The van der Waals surface area contributed by atoms with Gasteiger partial charge in [-0.05, 0) is 12.8 Å². The van der Waals surface area contributed by atoms with Crippen molar-refractivity contribution in [1.82, 2.24) is 0 Å². The zero-order valence-corrected chi connectivity index (χ0v) is 14.9. The molecule has 3 fully saturated rings. The molecule has 1 unspecified atom stereocenters. The van der Waals surface area contributed by atoms with Crippen LogP contribution in [-0.4, -0.2) is 46.7 Å². The van der Waals surface area contributed by atoms with Crippen LogP contribution in [0.1, 0.15) is 51.9 Å². The van der Waals surface area contributed by atoms with Gasteiger partial charge in [-0.1, -0.05) is 50.5 Å². The minimum atomic E-state index is -0.779. The second kappa shape index (κ2) is 8.47. The quantitative estimate of drug-likeness (QED) is 0.468. The lowest BCUT2D eigenvalue weighted by atomic mass is 9.77. The minimum Gasteiger partial charge on any atom is -0.481 e. The van der Waals surface area contributed by atoms with Gasteiger partial charge in [0.15, 0.2) is 0 Å². The third-order valence-electron chi connectivity index (χ3n) is 5.64. The maximum atomic E-state index is 10.6. The third-order valence-corrected chi connectivity index (χ3v) is 5.64. The van der Waals surface area contributed by atoms with Crippen molar-refractivity contribution in [2.45, 2.75) is 82.4 Å². The van der Waals surface area contributed by atoms with Gasteiger partial charge >= 0.3 is 5.97 Å². The summed E-state index contributed by atoms with van der Waals surface area (Å²) < 4.78 is 12.2. The van der Waals surface area contributed by atoms with Crippen LogP contribution >= 0.6 is 0 Å². The molecule has 140 valence electrons. The Hall–Kier alpha value is -1.17. The van der Waals surface area contributed by atoms with Gasteiger partial charge in [0.05, 0.1) is 30.5 Å². The van der Waals surface area contributed by atoms with E-state index in [-0.39, 0.29) is 48.8 Å². The molecule has 0 aliphatic carbocycles. The predicted octanol–water partition coefficient (Wildman–Crippen LogP) is 3.08. The summed E-state index contributed by atoms with van der Waals surface area (Å²) in [7, 11) is 0. The summed E-state index contributed by atoms with van der Waals surface area (Å²) in [6.07, 6.45) is 13.9. The number of aliphatic hydroxyl groups excluding tert-OH is 1. The van der Waals surface area contributed by atoms with E-state index in [1.165, 1.54) is 0 Å². The van der Waals surface area contributed by atoms with E-state index in [0.717, 1.165) is 32.1 Å². The number of carboxylic acids is 1. The molecule has 0 spiro atoms. The molecular formula is C20H30O5. The van der Waals surface area contributed by atoms with Crippen molar-refractivity contribution in [2.75, 3.05) is 0 Å². The molecule has 3 rings (SSSR count). The Kier molecular flexibility index (Phi) is 6.31. The fraction of sp³-hybridized carbons (Fsp3) is 0.750. The molecule has 0 radical (unpaired) electrons. The Morgan fingerprint density at radius 3 is 2.84 bits per heavy atom. The smallest absolute Gasteiger partial charge is 0.303 e. The van der Waals surface area contributed by atoms with Gasteiger partial charge in [0, 0.05) is 24.7 Å². The summed E-state index contributed by atoms with van der Waals surface area (Å²) in [5.41, 5.74) is 0. The maximum absolute atomic E-state index is 10.6. The summed E-state index contributed by atoms with van der Waals surface area (Å²) in [6, 6.07) is 0. The maximum Gasteiger partial charge on any atom is 0.303 e. The highest BCUT2D eigenvalue weighted by molar-refractivity contribution is 5.66. The van der Waals surface area contributed by atoms with Gasteiger partial charge in [0.2, 0.25) is 0 Å². The number of carbonyl (C=O) groups is 1. The van der Waals surface area contributed by atoms with Gasteiger partial charge in [0.1, 0.15) is 0 Å². The van der Waals surface area contributed by atoms with Crippen LogP contribution in [-0.2, 0) is 14.3 Å². The molecule has 3 aliphatic rings. The Balaban J connectivity index is 1.56. The monoisotopic (exact) mass is 350 g/mol. The molecule has 0 aromatic heterocycles. The predicted molar refractivity (Wildman–Crippen MR) is 94.2 cm³/mol. The number of aliphatic carboxylic acids is 1. The second-order valence-corrected chi connectivity index (χ2v) is 7.48. The Morgan fingerprint density at radius 2 is 2.08 bits per heavy atom. The van der Waals surface area contributed by atoms with Gasteiger partial charge in [0.25, 0.3) is 0 Å². The molecule has 0 aromatic rings. The Labute approximate surface area is 149 Å². The molecule has 0 amide bonds. The first kappa shape index (κ1) is 18.6. The van der Waals surface area contributed by atoms with E-state index in [1.54, 1.807) is 0 Å². The lowest BCUT2D eigenvalue weighted by Crippen LogP contribution is -2.31. The number of allylic oxidation sites excluding steroid dienone is 1. The van der Waals surface area contributed by atoms with Crippen LogP contribution in [0.4, 0.5) is 0 Å². The summed E-state index contributed by atoms with van der Waals surface area (Å²) >= 11 is 0. The first-order chi connectivity index (χ1) is 12.1. The van der Waals surface area contributed by atoms with Crippen LogP contribution in [0.5, 0.6) is 0 Å². The van der Waals surface area contributed by atoms with Gasteiger partial charge in [-0.15, -0.1) is 0 Å². The first-order valence-electron chi connectivity index (χ1n) is 9.66. The molecule has 7 atom stereocenters. The molecular weight excluding hydrogens is 320 g/mol. The number of ether oxygens (including phenoxy) is 2. The number of hydrogen-bond donors (Lipinski definition) is 2. The zero-order valence-electron chi connectivity index (χ0n) is 14.9. The fourth-order valence-electron chi connectivity index (χ4n) is 4.41. The number of carboxylic acid groups (broad SMARTS) is 1.